The van der Waals surface area contributed by atoms with Crippen molar-refractivity contribution in [1.82, 2.24) is 4.98 Å². The molecule has 0 spiro atoms. The van der Waals surface area contributed by atoms with E-state index in [2.05, 4.69) is 4.98 Å². The summed E-state index contributed by atoms with van der Waals surface area (Å²) in [6, 6.07) is 14.4. The number of hydrogen-bond donors (Lipinski definition) is 1. The molecule has 0 saturated carbocycles. The van der Waals surface area contributed by atoms with Crippen LogP contribution in [0, 0.1) is 19.8 Å². The second-order valence-electron chi connectivity index (χ2n) is 9.31. The molecule has 1 N–H and O–H groups in total. The second-order valence-corrected chi connectivity index (χ2v) is 9.31. The lowest BCUT2D eigenvalue weighted by Crippen LogP contribution is -2.29. The third-order valence-electron chi connectivity index (χ3n) is 6.02. The molecule has 7 nitrogen and oxygen atoms in total. The summed E-state index contributed by atoms with van der Waals surface area (Å²) in [4.78, 5) is 44.4. The summed E-state index contributed by atoms with van der Waals surface area (Å²) in [5.74, 6) is -2.05. The number of nitrogens with zero attached hydrogens (tertiary/aromatic N) is 2. The van der Waals surface area contributed by atoms with Gasteiger partial charge >= 0.3 is 5.97 Å². The lowest BCUT2D eigenvalue weighted by Gasteiger charge is -2.25. The van der Waals surface area contributed by atoms with Crippen molar-refractivity contribution in [1.29, 1.82) is 0 Å². The van der Waals surface area contributed by atoms with Gasteiger partial charge in [-0.3, -0.25) is 19.5 Å². The average Bonchev–Trinajstić information content (AvgIpc) is 3.14. The fourth-order valence-electron chi connectivity index (χ4n) is 4.17. The number of anilines is 1. The van der Waals surface area contributed by atoms with Gasteiger partial charge in [0.2, 0.25) is 0 Å². The Kier molecular flexibility index (Phi) is 7.01. The number of hydrogen-bond acceptors (Lipinski definition) is 6. The molecular weight excluding hydrogens is 456 g/mol. The van der Waals surface area contributed by atoms with Gasteiger partial charge in [-0.25, -0.2) is 4.79 Å². The highest BCUT2D eigenvalue weighted by molar-refractivity contribution is 6.51. The molecule has 36 heavy (non-hydrogen) atoms. The lowest BCUT2D eigenvalue weighted by atomic mass is 9.94. The van der Waals surface area contributed by atoms with E-state index in [0.29, 0.717) is 29.0 Å². The maximum Gasteiger partial charge on any atom is 0.338 e. The molecule has 1 aromatic heterocycles. The van der Waals surface area contributed by atoms with E-state index in [1.807, 2.05) is 39.8 Å². The van der Waals surface area contributed by atoms with Gasteiger partial charge in [0, 0.05) is 23.6 Å². The molecule has 1 amide bonds. The predicted octanol–water partition coefficient (Wildman–Crippen LogP) is 5.14. The quantitative estimate of drug-likeness (QED) is 0.225. The van der Waals surface area contributed by atoms with Gasteiger partial charge in [0.15, 0.2) is 0 Å². The van der Waals surface area contributed by atoms with Crippen molar-refractivity contribution in [3.63, 3.8) is 0 Å². The predicted molar refractivity (Wildman–Crippen MR) is 136 cm³/mol. The van der Waals surface area contributed by atoms with E-state index in [0.717, 1.165) is 11.1 Å². The smallest absolute Gasteiger partial charge is 0.338 e. The molecule has 1 aliphatic heterocycles. The first-order valence-corrected chi connectivity index (χ1v) is 11.7. The van der Waals surface area contributed by atoms with Gasteiger partial charge in [-0.2, -0.15) is 0 Å². The van der Waals surface area contributed by atoms with Crippen LogP contribution >= 0.6 is 0 Å². The van der Waals surface area contributed by atoms with Crippen LogP contribution in [-0.2, 0) is 14.3 Å². The number of aryl methyl sites for hydroxylation is 2. The van der Waals surface area contributed by atoms with Crippen molar-refractivity contribution in [3.05, 3.63) is 100 Å². The minimum absolute atomic E-state index is 0.0119. The van der Waals surface area contributed by atoms with E-state index in [-0.39, 0.29) is 17.3 Å². The summed E-state index contributed by atoms with van der Waals surface area (Å²) in [6.45, 7) is 7.92. The summed E-state index contributed by atoms with van der Waals surface area (Å²) in [5, 5.41) is 11.3. The van der Waals surface area contributed by atoms with Gasteiger partial charge in [-0.15, -0.1) is 0 Å². The van der Waals surface area contributed by atoms with E-state index in [9.17, 15) is 19.5 Å². The van der Waals surface area contributed by atoms with Crippen LogP contribution in [0.4, 0.5) is 5.69 Å². The number of benzene rings is 2. The van der Waals surface area contributed by atoms with Crippen molar-refractivity contribution in [2.75, 3.05) is 11.5 Å². The minimum atomic E-state index is -0.891. The van der Waals surface area contributed by atoms with Crippen LogP contribution in [0.5, 0.6) is 0 Å². The third kappa shape index (κ3) is 4.77. The Morgan fingerprint density at radius 1 is 1.08 bits per heavy atom. The van der Waals surface area contributed by atoms with Gasteiger partial charge in [0.25, 0.3) is 11.7 Å². The number of carbonyl (C=O) groups excluding carboxylic acids is 3. The number of pyridine rings is 1. The molecule has 1 fully saturated rings. The van der Waals surface area contributed by atoms with Gasteiger partial charge < -0.3 is 9.84 Å². The maximum atomic E-state index is 13.3. The standard InChI is InChI=1S/C29H28N2O5/c1-17(2)16-36-29(35)20-9-11-22(12-10-20)31-25(21-6-5-13-30-15-21)24(27(33)28(31)34)26(32)23-14-18(3)7-8-19(23)4/h5-15,17,25,32H,16H2,1-4H3/b26-24+. The summed E-state index contributed by atoms with van der Waals surface area (Å²) in [6.07, 6.45) is 3.16. The number of Topliss-reactive ketones (excluding diaryl/α,β-unsaturated/α-hetero) is 1. The molecule has 4 rings (SSSR count). The fraction of sp³-hybridized carbons (Fsp3) is 0.241. The normalized spacial score (nSPS) is 17.0. The van der Waals surface area contributed by atoms with E-state index in [1.54, 1.807) is 54.9 Å². The van der Waals surface area contributed by atoms with Crippen LogP contribution in [0.2, 0.25) is 0 Å². The van der Waals surface area contributed by atoms with Crippen LogP contribution < -0.4 is 4.90 Å². The Hall–Kier alpha value is -4.26. The Morgan fingerprint density at radius 3 is 2.44 bits per heavy atom. The van der Waals surface area contributed by atoms with E-state index >= 15 is 0 Å². The SMILES string of the molecule is Cc1ccc(C)c(/C(O)=C2\C(=O)C(=O)N(c3ccc(C(=O)OCC(C)C)cc3)C2c2cccnc2)c1. The molecule has 1 saturated heterocycles. The largest absolute Gasteiger partial charge is 0.507 e. The van der Waals surface area contributed by atoms with E-state index in [4.69, 9.17) is 4.74 Å². The maximum absolute atomic E-state index is 13.3. The number of aliphatic hydroxyl groups excluding tert-OH is 1. The van der Waals surface area contributed by atoms with Crippen molar-refractivity contribution in [2.24, 2.45) is 5.92 Å². The molecule has 2 heterocycles. The summed E-state index contributed by atoms with van der Waals surface area (Å²) >= 11 is 0. The van der Waals surface area contributed by atoms with Crippen molar-refractivity contribution in [2.45, 2.75) is 33.7 Å². The van der Waals surface area contributed by atoms with Crippen LogP contribution in [0.15, 0.2) is 72.6 Å². The second kappa shape index (κ2) is 10.2. The van der Waals surface area contributed by atoms with Crippen molar-refractivity contribution < 1.29 is 24.2 Å². The highest BCUT2D eigenvalue weighted by atomic mass is 16.5. The number of aromatic nitrogens is 1. The molecule has 1 aliphatic rings. The number of amides is 1. The highest BCUT2D eigenvalue weighted by Gasteiger charge is 2.47. The van der Waals surface area contributed by atoms with E-state index < -0.39 is 23.7 Å². The number of aliphatic hydroxyl groups is 1. The Labute approximate surface area is 210 Å². The molecule has 7 heteroatoms. The monoisotopic (exact) mass is 484 g/mol. The van der Waals surface area contributed by atoms with Crippen LogP contribution in [-0.4, -0.2) is 34.4 Å². The third-order valence-corrected chi connectivity index (χ3v) is 6.02. The molecule has 1 unspecified atom stereocenters. The molecule has 1 atom stereocenters. The number of rotatable bonds is 6. The van der Waals surface area contributed by atoms with E-state index in [1.165, 1.54) is 4.90 Å². The zero-order chi connectivity index (χ0) is 26.0. The molecule has 0 aliphatic carbocycles. The van der Waals surface area contributed by atoms with Crippen LogP contribution in [0.25, 0.3) is 5.76 Å². The zero-order valence-corrected chi connectivity index (χ0v) is 20.7. The summed E-state index contributed by atoms with van der Waals surface area (Å²) in [5.41, 5.74) is 3.49. The fourth-order valence-corrected chi connectivity index (χ4v) is 4.17. The molecule has 0 bridgehead atoms. The molecule has 0 radical (unpaired) electrons. The van der Waals surface area contributed by atoms with Crippen molar-refractivity contribution in [3.8, 4) is 0 Å². The molecular formula is C29H28N2O5. The molecule has 184 valence electrons. The Balaban J connectivity index is 1.81. The Bertz CT molecular complexity index is 1340. The first-order chi connectivity index (χ1) is 17.2. The lowest BCUT2D eigenvalue weighted by molar-refractivity contribution is -0.132. The van der Waals surface area contributed by atoms with Crippen molar-refractivity contribution >= 4 is 29.1 Å². The Morgan fingerprint density at radius 2 is 1.81 bits per heavy atom. The topological polar surface area (TPSA) is 96.8 Å². The summed E-state index contributed by atoms with van der Waals surface area (Å²) < 4.78 is 5.28. The number of esters is 1. The first kappa shape index (κ1) is 24.9. The minimum Gasteiger partial charge on any atom is -0.507 e. The first-order valence-electron chi connectivity index (χ1n) is 11.7. The highest BCUT2D eigenvalue weighted by Crippen LogP contribution is 2.42. The average molecular weight is 485 g/mol. The van der Waals surface area contributed by atoms with Crippen LogP contribution in [0.1, 0.15) is 52.5 Å². The van der Waals surface area contributed by atoms with Gasteiger partial charge in [-0.1, -0.05) is 37.6 Å². The zero-order valence-electron chi connectivity index (χ0n) is 20.7. The van der Waals surface area contributed by atoms with Gasteiger partial charge in [-0.05, 0) is 67.3 Å². The summed E-state index contributed by atoms with van der Waals surface area (Å²) in [7, 11) is 0. The number of ketones is 1. The van der Waals surface area contributed by atoms with Gasteiger partial charge in [0.1, 0.15) is 5.76 Å². The number of carbonyl (C=O) groups is 3. The number of ether oxygens (including phenoxy) is 1. The molecule has 3 aromatic rings. The van der Waals surface area contributed by atoms with Gasteiger partial charge in [0.05, 0.1) is 23.8 Å². The van der Waals surface area contributed by atoms with Crippen LogP contribution in [0.3, 0.4) is 0 Å². The molecule has 2 aromatic carbocycles.